The van der Waals surface area contributed by atoms with Crippen molar-refractivity contribution in [3.05, 3.63) is 53.5 Å². The number of anilines is 1. The van der Waals surface area contributed by atoms with Crippen molar-refractivity contribution >= 4 is 11.7 Å². The minimum atomic E-state index is -0.456. The molecule has 2 rings (SSSR count). The summed E-state index contributed by atoms with van der Waals surface area (Å²) in [5, 5.41) is 3.29. The van der Waals surface area contributed by atoms with Gasteiger partial charge in [0.2, 0.25) is 5.76 Å². The lowest BCUT2D eigenvalue weighted by atomic mass is 10.0. The highest BCUT2D eigenvalue weighted by atomic mass is 16.5. The number of hydrogen-bond acceptors (Lipinski definition) is 4. The average molecular weight is 273 g/mol. The summed E-state index contributed by atoms with van der Waals surface area (Å²) in [6.07, 6.45) is 1.49. The molecule has 0 aliphatic carbocycles. The summed E-state index contributed by atoms with van der Waals surface area (Å²) in [5.41, 5.74) is 3.08. The molecule has 106 valence electrons. The zero-order valence-electron chi connectivity index (χ0n) is 12.0. The Morgan fingerprint density at radius 2 is 2.15 bits per heavy atom. The minimum Gasteiger partial charge on any atom is -0.463 e. The van der Waals surface area contributed by atoms with Gasteiger partial charge < -0.3 is 14.5 Å². The van der Waals surface area contributed by atoms with Crippen molar-refractivity contribution in [1.82, 2.24) is 0 Å². The second kappa shape index (κ2) is 6.28. The van der Waals surface area contributed by atoms with Crippen molar-refractivity contribution < 1.29 is 13.9 Å². The average Bonchev–Trinajstić information content (AvgIpc) is 2.93. The SMILES string of the molecule is COC(=O)c1occc1CNc1cccc(C(C)C)c1. The van der Waals surface area contributed by atoms with Crippen molar-refractivity contribution in [2.24, 2.45) is 0 Å². The topological polar surface area (TPSA) is 51.5 Å². The Balaban J connectivity index is 2.07. The molecule has 1 N–H and O–H groups in total. The third kappa shape index (κ3) is 3.20. The van der Waals surface area contributed by atoms with Crippen molar-refractivity contribution in [2.75, 3.05) is 12.4 Å². The van der Waals surface area contributed by atoms with E-state index in [0.29, 0.717) is 12.5 Å². The van der Waals surface area contributed by atoms with Crippen molar-refractivity contribution in [3.63, 3.8) is 0 Å². The molecule has 0 unspecified atom stereocenters. The molecule has 0 saturated heterocycles. The number of rotatable bonds is 5. The number of carbonyl (C=O) groups excluding carboxylic acids is 1. The van der Waals surface area contributed by atoms with Gasteiger partial charge in [-0.2, -0.15) is 0 Å². The van der Waals surface area contributed by atoms with Gasteiger partial charge in [0.15, 0.2) is 0 Å². The molecule has 4 nitrogen and oxygen atoms in total. The van der Waals surface area contributed by atoms with Gasteiger partial charge in [-0.1, -0.05) is 26.0 Å². The summed E-state index contributed by atoms with van der Waals surface area (Å²) in [6.45, 7) is 4.83. The fourth-order valence-electron chi connectivity index (χ4n) is 1.95. The van der Waals surface area contributed by atoms with Crippen LogP contribution in [0.4, 0.5) is 5.69 Å². The lowest BCUT2D eigenvalue weighted by Crippen LogP contribution is -2.07. The molecule has 1 aromatic heterocycles. The van der Waals surface area contributed by atoms with Crippen molar-refractivity contribution in [3.8, 4) is 0 Å². The van der Waals surface area contributed by atoms with E-state index in [1.54, 1.807) is 6.07 Å². The number of nitrogens with one attached hydrogen (secondary N) is 1. The summed E-state index contributed by atoms with van der Waals surface area (Å²) in [6, 6.07) is 10.0. The fraction of sp³-hybridized carbons (Fsp3) is 0.312. The predicted octanol–water partition coefficient (Wildman–Crippen LogP) is 3.80. The number of benzene rings is 1. The Morgan fingerprint density at radius 3 is 2.85 bits per heavy atom. The highest BCUT2D eigenvalue weighted by Crippen LogP contribution is 2.20. The lowest BCUT2D eigenvalue weighted by molar-refractivity contribution is 0.0563. The summed E-state index contributed by atoms with van der Waals surface area (Å²) in [5.74, 6) is 0.277. The molecule has 0 saturated carbocycles. The molecule has 4 heteroatoms. The van der Waals surface area contributed by atoms with Crippen LogP contribution in [-0.4, -0.2) is 13.1 Å². The molecule has 0 bridgehead atoms. The molecule has 0 fully saturated rings. The lowest BCUT2D eigenvalue weighted by Gasteiger charge is -2.10. The molecule has 1 aromatic carbocycles. The minimum absolute atomic E-state index is 0.250. The monoisotopic (exact) mass is 273 g/mol. The number of hydrogen-bond donors (Lipinski definition) is 1. The zero-order valence-corrected chi connectivity index (χ0v) is 12.0. The van der Waals surface area contributed by atoms with Crippen LogP contribution in [0.3, 0.4) is 0 Å². The normalized spacial score (nSPS) is 10.6. The maximum atomic E-state index is 11.5. The molecule has 0 radical (unpaired) electrons. The van der Waals surface area contributed by atoms with E-state index in [-0.39, 0.29) is 5.76 Å². The summed E-state index contributed by atoms with van der Waals surface area (Å²) >= 11 is 0. The van der Waals surface area contributed by atoms with Crippen LogP contribution in [0.25, 0.3) is 0 Å². The van der Waals surface area contributed by atoms with Crippen LogP contribution in [-0.2, 0) is 11.3 Å². The first-order valence-electron chi connectivity index (χ1n) is 6.60. The van der Waals surface area contributed by atoms with E-state index in [1.165, 1.54) is 18.9 Å². The van der Waals surface area contributed by atoms with Gasteiger partial charge in [0.05, 0.1) is 13.4 Å². The van der Waals surface area contributed by atoms with Crippen LogP contribution in [0, 0.1) is 0 Å². The second-order valence-electron chi connectivity index (χ2n) is 4.90. The van der Waals surface area contributed by atoms with E-state index in [2.05, 4.69) is 36.0 Å². The van der Waals surface area contributed by atoms with Gasteiger partial charge >= 0.3 is 5.97 Å². The van der Waals surface area contributed by atoms with Gasteiger partial charge in [0.1, 0.15) is 0 Å². The number of furan rings is 1. The number of esters is 1. The quantitative estimate of drug-likeness (QED) is 0.842. The third-order valence-corrected chi connectivity index (χ3v) is 3.15. The fourth-order valence-corrected chi connectivity index (χ4v) is 1.95. The summed E-state index contributed by atoms with van der Waals surface area (Å²) in [4.78, 5) is 11.5. The van der Waals surface area contributed by atoms with Crippen molar-refractivity contribution in [1.29, 1.82) is 0 Å². The highest BCUT2D eigenvalue weighted by Gasteiger charge is 2.15. The molecule has 0 atom stereocenters. The first-order valence-corrected chi connectivity index (χ1v) is 6.60. The van der Waals surface area contributed by atoms with Crippen LogP contribution in [0.2, 0.25) is 0 Å². The van der Waals surface area contributed by atoms with E-state index < -0.39 is 5.97 Å². The largest absolute Gasteiger partial charge is 0.463 e. The Morgan fingerprint density at radius 1 is 1.35 bits per heavy atom. The number of methoxy groups -OCH3 is 1. The van der Waals surface area contributed by atoms with E-state index in [1.807, 2.05) is 12.1 Å². The van der Waals surface area contributed by atoms with E-state index in [4.69, 9.17) is 4.42 Å². The Labute approximate surface area is 118 Å². The highest BCUT2D eigenvalue weighted by molar-refractivity contribution is 5.87. The summed E-state index contributed by atoms with van der Waals surface area (Å²) < 4.78 is 9.83. The molecule has 1 heterocycles. The van der Waals surface area contributed by atoms with Crippen LogP contribution < -0.4 is 5.32 Å². The second-order valence-corrected chi connectivity index (χ2v) is 4.90. The van der Waals surface area contributed by atoms with Gasteiger partial charge in [-0.15, -0.1) is 0 Å². The number of carbonyl (C=O) groups is 1. The van der Waals surface area contributed by atoms with Gasteiger partial charge in [0, 0.05) is 17.8 Å². The summed E-state index contributed by atoms with van der Waals surface area (Å²) in [7, 11) is 1.34. The molecule has 0 amide bonds. The van der Waals surface area contributed by atoms with E-state index in [0.717, 1.165) is 11.3 Å². The molecular formula is C16H19NO3. The van der Waals surface area contributed by atoms with Crippen molar-refractivity contribution in [2.45, 2.75) is 26.3 Å². The Hall–Kier alpha value is -2.23. The molecule has 2 aromatic rings. The first-order chi connectivity index (χ1) is 9.61. The smallest absolute Gasteiger partial charge is 0.374 e. The molecule has 0 aliphatic rings. The van der Waals surface area contributed by atoms with Gasteiger partial charge in [0.25, 0.3) is 0 Å². The first kappa shape index (κ1) is 14.2. The molecule has 20 heavy (non-hydrogen) atoms. The van der Waals surface area contributed by atoms with Crippen LogP contribution >= 0.6 is 0 Å². The van der Waals surface area contributed by atoms with Gasteiger partial charge in [-0.05, 0) is 29.7 Å². The van der Waals surface area contributed by atoms with Crippen LogP contribution in [0.1, 0.15) is 41.4 Å². The van der Waals surface area contributed by atoms with Gasteiger partial charge in [-0.25, -0.2) is 4.79 Å². The molecule has 0 spiro atoms. The Kier molecular flexibility index (Phi) is 4.45. The number of ether oxygens (including phenoxy) is 1. The zero-order chi connectivity index (χ0) is 14.5. The Bertz CT molecular complexity index is 587. The third-order valence-electron chi connectivity index (χ3n) is 3.15. The van der Waals surface area contributed by atoms with Crippen LogP contribution in [0.5, 0.6) is 0 Å². The maximum absolute atomic E-state index is 11.5. The van der Waals surface area contributed by atoms with E-state index in [9.17, 15) is 4.79 Å². The van der Waals surface area contributed by atoms with Crippen LogP contribution in [0.15, 0.2) is 41.0 Å². The molecule has 0 aliphatic heterocycles. The van der Waals surface area contributed by atoms with E-state index >= 15 is 0 Å². The van der Waals surface area contributed by atoms with Gasteiger partial charge in [-0.3, -0.25) is 0 Å². The predicted molar refractivity (Wildman–Crippen MR) is 77.9 cm³/mol. The maximum Gasteiger partial charge on any atom is 0.374 e. The standard InChI is InChI=1S/C16H19NO3/c1-11(2)12-5-4-6-14(9-12)17-10-13-7-8-20-15(13)16(18)19-3/h4-9,11,17H,10H2,1-3H3. The molecular weight excluding hydrogens is 254 g/mol.